The van der Waals surface area contributed by atoms with Crippen molar-refractivity contribution in [2.24, 2.45) is 4.99 Å². The lowest BCUT2D eigenvalue weighted by atomic mass is 10.2. The van der Waals surface area contributed by atoms with Crippen LogP contribution in [0.25, 0.3) is 0 Å². The third kappa shape index (κ3) is 2.35. The first-order valence-electron chi connectivity index (χ1n) is 6.41. The van der Waals surface area contributed by atoms with E-state index < -0.39 is 6.08 Å². The number of nitrogens with zero attached hydrogens (tertiary/aromatic N) is 4. The van der Waals surface area contributed by atoms with Crippen LogP contribution in [0.2, 0.25) is 0 Å². The summed E-state index contributed by atoms with van der Waals surface area (Å²) < 4.78 is 15.2. The lowest BCUT2D eigenvalue weighted by molar-refractivity contribution is -0.765. The van der Waals surface area contributed by atoms with Gasteiger partial charge in [-0.2, -0.15) is 4.99 Å². The topological polar surface area (TPSA) is 87.0 Å². The summed E-state index contributed by atoms with van der Waals surface area (Å²) in [6, 6.07) is 0.619. The second-order valence-corrected chi connectivity index (χ2v) is 4.57. The molecule has 0 aromatic carbocycles. The second-order valence-electron chi connectivity index (χ2n) is 4.57. The van der Waals surface area contributed by atoms with Gasteiger partial charge in [-0.05, 0) is 19.4 Å². The summed E-state index contributed by atoms with van der Waals surface area (Å²) >= 11 is 0. The molecule has 0 spiro atoms. The van der Waals surface area contributed by atoms with Crippen LogP contribution in [0.1, 0.15) is 19.8 Å². The van der Waals surface area contributed by atoms with Gasteiger partial charge in [-0.3, -0.25) is 4.52 Å². The van der Waals surface area contributed by atoms with E-state index in [-0.39, 0.29) is 12.5 Å². The normalized spacial score (nSPS) is 26.8. The van der Waals surface area contributed by atoms with Crippen molar-refractivity contribution in [3.05, 3.63) is 6.20 Å². The monoisotopic (exact) mass is 268 g/mol. The molecule has 2 aliphatic heterocycles. The van der Waals surface area contributed by atoms with E-state index in [0.717, 1.165) is 12.8 Å². The van der Waals surface area contributed by atoms with E-state index in [1.165, 1.54) is 0 Å². The van der Waals surface area contributed by atoms with Crippen molar-refractivity contribution >= 4 is 12.0 Å². The molecule has 8 nitrogen and oxygen atoms in total. The molecule has 0 N–H and O–H groups in total. The Bertz CT molecular complexity index is 459. The molecular formula is C11H16N4O4. The van der Waals surface area contributed by atoms with E-state index in [2.05, 4.69) is 15.3 Å². The van der Waals surface area contributed by atoms with Crippen LogP contribution in [-0.4, -0.2) is 43.3 Å². The number of aliphatic imine (C=N–C) groups is 1. The van der Waals surface area contributed by atoms with Gasteiger partial charge in [-0.25, -0.2) is 0 Å². The van der Waals surface area contributed by atoms with Crippen LogP contribution in [0.15, 0.2) is 15.7 Å². The highest BCUT2D eigenvalue weighted by Crippen LogP contribution is 2.24. The van der Waals surface area contributed by atoms with Crippen LogP contribution in [0, 0.1) is 0 Å². The molecule has 2 unspecified atom stereocenters. The summed E-state index contributed by atoms with van der Waals surface area (Å²) in [5.74, 6) is 0.143. The highest BCUT2D eigenvalue weighted by atomic mass is 16.6. The summed E-state index contributed by atoms with van der Waals surface area (Å²) in [5.41, 5.74) is 0. The first kappa shape index (κ1) is 12.2. The van der Waals surface area contributed by atoms with Gasteiger partial charge in [0.25, 0.3) is 6.20 Å². The van der Waals surface area contributed by atoms with Crippen LogP contribution in [-0.2, 0) is 9.47 Å². The minimum Gasteiger partial charge on any atom is -0.600 e. The van der Waals surface area contributed by atoms with Crippen molar-refractivity contribution in [3.63, 3.8) is 0 Å². The van der Waals surface area contributed by atoms with Gasteiger partial charge in [-0.1, -0.05) is 6.92 Å². The van der Waals surface area contributed by atoms with Gasteiger partial charge < -0.3 is 14.6 Å². The number of ether oxygens (including phenoxy) is 2. The van der Waals surface area contributed by atoms with Crippen LogP contribution in [0.5, 0.6) is 0 Å². The Kier molecular flexibility index (Phi) is 3.24. The molecule has 0 radical (unpaired) electrons. The average molecular weight is 268 g/mol. The lowest BCUT2D eigenvalue weighted by Crippen LogP contribution is -2.68. The van der Waals surface area contributed by atoms with Gasteiger partial charge >= 0.3 is 5.88 Å². The van der Waals surface area contributed by atoms with E-state index in [4.69, 9.17) is 14.0 Å². The molecule has 3 rings (SSSR count). The van der Waals surface area contributed by atoms with E-state index in [1.54, 1.807) is 17.9 Å². The molecule has 1 aromatic heterocycles. The van der Waals surface area contributed by atoms with Crippen molar-refractivity contribution in [2.75, 3.05) is 24.8 Å². The van der Waals surface area contributed by atoms with E-state index in [0.29, 0.717) is 25.3 Å². The van der Waals surface area contributed by atoms with Crippen molar-refractivity contribution in [1.82, 2.24) is 5.27 Å². The summed E-state index contributed by atoms with van der Waals surface area (Å²) in [5, 5.41) is 17.2. The molecule has 1 aromatic rings. The quantitative estimate of drug-likeness (QED) is 0.390. The summed E-state index contributed by atoms with van der Waals surface area (Å²) in [6.45, 7) is 3.39. The van der Waals surface area contributed by atoms with Gasteiger partial charge in [-0.15, -0.1) is 5.01 Å². The number of aromatic nitrogens is 2. The van der Waals surface area contributed by atoms with Crippen LogP contribution in [0.3, 0.4) is 0 Å². The predicted octanol–water partition coefficient (Wildman–Crippen LogP) is -1.15. The molecule has 2 atom stereocenters. The van der Waals surface area contributed by atoms with Crippen LogP contribution >= 0.6 is 0 Å². The maximum Gasteiger partial charge on any atom is 0.326 e. The minimum absolute atomic E-state index is 0.143. The van der Waals surface area contributed by atoms with E-state index in [1.807, 2.05) is 0 Å². The largest absolute Gasteiger partial charge is 0.600 e. The fourth-order valence-electron chi connectivity index (χ4n) is 2.58. The SMILES string of the molecule is CCOC([O-])=Nc1c[n+](N2C3CCC2COC3)no1. The summed E-state index contributed by atoms with van der Waals surface area (Å²) in [4.78, 5) is 5.28. The maximum absolute atomic E-state index is 11.2. The maximum atomic E-state index is 11.2. The molecule has 2 bridgehead atoms. The third-order valence-corrected chi connectivity index (χ3v) is 3.35. The summed E-state index contributed by atoms with van der Waals surface area (Å²) in [7, 11) is 0. The predicted molar refractivity (Wildman–Crippen MR) is 61.3 cm³/mol. The fraction of sp³-hybridized carbons (Fsp3) is 0.727. The van der Waals surface area contributed by atoms with Crippen molar-refractivity contribution in [3.8, 4) is 0 Å². The van der Waals surface area contributed by atoms with E-state index >= 15 is 0 Å². The molecule has 19 heavy (non-hydrogen) atoms. The van der Waals surface area contributed by atoms with Crippen molar-refractivity contribution in [2.45, 2.75) is 31.8 Å². The molecule has 0 amide bonds. The zero-order chi connectivity index (χ0) is 13.2. The molecule has 3 heterocycles. The number of rotatable bonds is 3. The van der Waals surface area contributed by atoms with Gasteiger partial charge in [0.2, 0.25) is 5.27 Å². The van der Waals surface area contributed by atoms with Gasteiger partial charge in [0.15, 0.2) is 6.08 Å². The first-order valence-corrected chi connectivity index (χ1v) is 6.41. The third-order valence-electron chi connectivity index (χ3n) is 3.35. The Labute approximate surface area is 110 Å². The molecule has 2 fully saturated rings. The van der Waals surface area contributed by atoms with Gasteiger partial charge in [0, 0.05) is 0 Å². The smallest absolute Gasteiger partial charge is 0.326 e. The second kappa shape index (κ2) is 5.04. The number of fused-ring (bicyclic) bond motifs is 2. The average Bonchev–Trinajstić information content (AvgIpc) is 2.92. The number of hydrogen-bond acceptors (Lipinski definition) is 7. The van der Waals surface area contributed by atoms with Crippen LogP contribution < -0.4 is 14.9 Å². The Morgan fingerprint density at radius 3 is 3.00 bits per heavy atom. The van der Waals surface area contributed by atoms with E-state index in [9.17, 15) is 5.11 Å². The van der Waals surface area contributed by atoms with Crippen LogP contribution in [0.4, 0.5) is 5.88 Å². The summed E-state index contributed by atoms with van der Waals surface area (Å²) in [6.07, 6.45) is 3.08. The molecule has 104 valence electrons. The molecule has 2 saturated heterocycles. The highest BCUT2D eigenvalue weighted by molar-refractivity contribution is 5.64. The molecular weight excluding hydrogens is 252 g/mol. The highest BCUT2D eigenvalue weighted by Gasteiger charge is 2.44. The Morgan fingerprint density at radius 2 is 2.32 bits per heavy atom. The minimum atomic E-state index is -0.671. The Morgan fingerprint density at radius 1 is 1.58 bits per heavy atom. The zero-order valence-electron chi connectivity index (χ0n) is 10.7. The standard InChI is InChI=1S/C11H16N4O4/c1-2-18-11(16)12-10-5-14(13-19-10)15-8-3-4-9(15)7-17-6-8/h5,8-9H,2-4,6-7H2,1H3. The number of hydrogen-bond donors (Lipinski definition) is 0. The fourth-order valence-corrected chi connectivity index (χ4v) is 2.58. The number of morpholine rings is 1. The molecule has 0 saturated carbocycles. The molecule has 8 heteroatoms. The van der Waals surface area contributed by atoms with Crippen molar-refractivity contribution in [1.29, 1.82) is 0 Å². The lowest BCUT2D eigenvalue weighted by Gasteiger charge is -2.26. The Balaban J connectivity index is 1.76. The van der Waals surface area contributed by atoms with Gasteiger partial charge in [0.1, 0.15) is 12.1 Å². The molecule has 0 aliphatic carbocycles. The van der Waals surface area contributed by atoms with Crippen molar-refractivity contribution < 1.29 is 23.9 Å². The zero-order valence-corrected chi connectivity index (χ0v) is 10.7. The van der Waals surface area contributed by atoms with Gasteiger partial charge in [0.05, 0.1) is 18.0 Å². The molecule has 2 aliphatic rings. The Hall–Kier alpha value is -1.83. The first-order chi connectivity index (χ1) is 9.28.